The lowest BCUT2D eigenvalue weighted by molar-refractivity contribution is 0.282. The van der Waals surface area contributed by atoms with E-state index in [9.17, 15) is 4.79 Å². The van der Waals surface area contributed by atoms with E-state index >= 15 is 0 Å². The van der Waals surface area contributed by atoms with Crippen LogP contribution in [0.4, 0.5) is 5.69 Å². The van der Waals surface area contributed by atoms with Crippen LogP contribution in [-0.2, 0) is 13.2 Å². The van der Waals surface area contributed by atoms with Gasteiger partial charge in [0, 0.05) is 12.1 Å². The van der Waals surface area contributed by atoms with Crippen LogP contribution in [0.25, 0.3) is 0 Å². The fourth-order valence-corrected chi connectivity index (χ4v) is 1.89. The van der Waals surface area contributed by atoms with Crippen molar-refractivity contribution in [2.24, 2.45) is 0 Å². The van der Waals surface area contributed by atoms with Gasteiger partial charge in [0.25, 0.3) is 5.56 Å². The first kappa shape index (κ1) is 14.3. The zero-order valence-corrected chi connectivity index (χ0v) is 11.7. The molecule has 0 saturated heterocycles. The lowest BCUT2D eigenvalue weighted by atomic mass is 10.1. The molecule has 0 fully saturated rings. The normalized spacial score (nSPS) is 10.8. The molecule has 0 aliphatic carbocycles. The number of aromatic nitrogens is 2. The summed E-state index contributed by atoms with van der Waals surface area (Å²) >= 11 is 0. The van der Waals surface area contributed by atoms with Crippen LogP contribution in [-0.4, -0.2) is 20.9 Å². The van der Waals surface area contributed by atoms with E-state index in [2.05, 4.69) is 10.4 Å². The van der Waals surface area contributed by atoms with Gasteiger partial charge in [-0.15, -0.1) is 0 Å². The summed E-state index contributed by atoms with van der Waals surface area (Å²) in [5.41, 5.74) is 2.42. The molecule has 1 aromatic heterocycles. The third-order valence-electron chi connectivity index (χ3n) is 2.86. The summed E-state index contributed by atoms with van der Waals surface area (Å²) < 4.78 is 1.42. The van der Waals surface area contributed by atoms with E-state index in [0.29, 0.717) is 6.54 Å². The molecular formula is C15H19N3O2. The van der Waals surface area contributed by atoms with Crippen molar-refractivity contribution in [3.05, 3.63) is 58.0 Å². The third kappa shape index (κ3) is 3.68. The van der Waals surface area contributed by atoms with Gasteiger partial charge < -0.3 is 10.4 Å². The van der Waals surface area contributed by atoms with Gasteiger partial charge in [0.15, 0.2) is 0 Å². The predicted molar refractivity (Wildman–Crippen MR) is 78.7 cm³/mol. The summed E-state index contributed by atoms with van der Waals surface area (Å²) in [7, 11) is 0. The Labute approximate surface area is 117 Å². The molecule has 2 N–H and O–H groups in total. The zero-order valence-electron chi connectivity index (χ0n) is 11.7. The second kappa shape index (κ2) is 6.34. The number of benzene rings is 1. The number of hydrogen-bond donors (Lipinski definition) is 2. The number of aliphatic hydroxyl groups excluding tert-OH is 1. The van der Waals surface area contributed by atoms with Crippen molar-refractivity contribution in [3.8, 4) is 0 Å². The number of hydrogen-bond acceptors (Lipinski definition) is 4. The molecule has 0 radical (unpaired) electrons. The van der Waals surface area contributed by atoms with Gasteiger partial charge in [-0.1, -0.05) is 24.3 Å². The van der Waals surface area contributed by atoms with Gasteiger partial charge in [-0.25, -0.2) is 4.68 Å². The maximum atomic E-state index is 12.0. The molecule has 20 heavy (non-hydrogen) atoms. The van der Waals surface area contributed by atoms with Crippen molar-refractivity contribution in [1.29, 1.82) is 0 Å². The molecule has 5 heteroatoms. The van der Waals surface area contributed by atoms with Gasteiger partial charge in [-0.2, -0.15) is 5.10 Å². The molecule has 0 spiro atoms. The Morgan fingerprint density at radius 1 is 1.25 bits per heavy atom. The van der Waals surface area contributed by atoms with Crippen molar-refractivity contribution in [2.75, 3.05) is 5.32 Å². The minimum atomic E-state index is -0.137. The highest BCUT2D eigenvalue weighted by Crippen LogP contribution is 2.06. The average Bonchev–Trinajstić information content (AvgIpc) is 2.42. The first-order valence-corrected chi connectivity index (χ1v) is 6.61. The topological polar surface area (TPSA) is 67.2 Å². The van der Waals surface area contributed by atoms with Crippen molar-refractivity contribution in [3.63, 3.8) is 0 Å². The molecule has 0 amide bonds. The zero-order chi connectivity index (χ0) is 14.5. The van der Waals surface area contributed by atoms with E-state index in [1.165, 1.54) is 4.68 Å². The number of rotatable bonds is 5. The molecule has 1 aromatic carbocycles. The van der Waals surface area contributed by atoms with Gasteiger partial charge in [0.2, 0.25) is 0 Å². The van der Waals surface area contributed by atoms with Gasteiger partial charge in [0.1, 0.15) is 0 Å². The van der Waals surface area contributed by atoms with Gasteiger partial charge >= 0.3 is 0 Å². The van der Waals surface area contributed by atoms with Crippen LogP contribution in [0.5, 0.6) is 0 Å². The Hall–Kier alpha value is -2.14. The Kier molecular flexibility index (Phi) is 4.53. The van der Waals surface area contributed by atoms with Crippen LogP contribution in [0.2, 0.25) is 0 Å². The summed E-state index contributed by atoms with van der Waals surface area (Å²) in [6, 6.07) is 9.28. The van der Waals surface area contributed by atoms with Crippen molar-refractivity contribution < 1.29 is 5.11 Å². The summed E-state index contributed by atoms with van der Waals surface area (Å²) in [6.07, 6.45) is 1.66. The first-order valence-electron chi connectivity index (χ1n) is 6.61. The van der Waals surface area contributed by atoms with E-state index in [1.54, 1.807) is 12.3 Å². The van der Waals surface area contributed by atoms with Crippen LogP contribution in [0, 0.1) is 0 Å². The van der Waals surface area contributed by atoms with E-state index in [1.807, 2.05) is 38.1 Å². The van der Waals surface area contributed by atoms with Crippen LogP contribution < -0.4 is 10.9 Å². The molecule has 0 saturated carbocycles. The van der Waals surface area contributed by atoms with Gasteiger partial charge in [-0.05, 0) is 25.0 Å². The predicted octanol–water partition coefficient (Wildman–Crippen LogP) is 1.60. The summed E-state index contributed by atoms with van der Waals surface area (Å²) in [4.78, 5) is 12.0. The Balaban J connectivity index is 2.14. The standard InChI is InChI=1S/C15H19N3O2/c1-11(2)17-14-7-15(20)18(16-8-14)9-12-3-5-13(10-19)6-4-12/h3-8,11,17,19H,9-10H2,1-2H3. The Morgan fingerprint density at radius 2 is 1.90 bits per heavy atom. The Morgan fingerprint density at radius 3 is 2.45 bits per heavy atom. The van der Waals surface area contributed by atoms with E-state index < -0.39 is 0 Å². The summed E-state index contributed by atoms with van der Waals surface area (Å²) in [5, 5.41) is 16.3. The largest absolute Gasteiger partial charge is 0.392 e. The first-order chi connectivity index (χ1) is 9.58. The Bertz CT molecular complexity index is 618. The van der Waals surface area contributed by atoms with Gasteiger partial charge in [-0.3, -0.25) is 4.79 Å². The lowest BCUT2D eigenvalue weighted by Gasteiger charge is -2.10. The second-order valence-corrected chi connectivity index (χ2v) is 5.01. The number of nitrogens with zero attached hydrogens (tertiary/aromatic N) is 2. The maximum Gasteiger partial charge on any atom is 0.269 e. The molecule has 0 atom stereocenters. The molecule has 0 aliphatic heterocycles. The number of aliphatic hydroxyl groups is 1. The molecule has 5 nitrogen and oxygen atoms in total. The lowest BCUT2D eigenvalue weighted by Crippen LogP contribution is -2.24. The average molecular weight is 273 g/mol. The number of anilines is 1. The van der Waals surface area contributed by atoms with Crippen LogP contribution in [0.3, 0.4) is 0 Å². The van der Waals surface area contributed by atoms with Crippen LogP contribution in [0.15, 0.2) is 41.3 Å². The molecule has 0 bridgehead atoms. The minimum Gasteiger partial charge on any atom is -0.392 e. The maximum absolute atomic E-state index is 12.0. The minimum absolute atomic E-state index is 0.0219. The molecule has 1 heterocycles. The van der Waals surface area contributed by atoms with Crippen molar-refractivity contribution in [1.82, 2.24) is 9.78 Å². The number of nitrogens with one attached hydrogen (secondary N) is 1. The van der Waals surface area contributed by atoms with E-state index in [0.717, 1.165) is 16.8 Å². The highest BCUT2D eigenvalue weighted by atomic mass is 16.3. The SMILES string of the molecule is CC(C)Nc1cnn(Cc2ccc(CO)cc2)c(=O)c1. The highest BCUT2D eigenvalue weighted by molar-refractivity contribution is 5.39. The van der Waals surface area contributed by atoms with Crippen LogP contribution >= 0.6 is 0 Å². The fourth-order valence-electron chi connectivity index (χ4n) is 1.89. The smallest absolute Gasteiger partial charge is 0.269 e. The molecule has 0 aliphatic rings. The van der Waals surface area contributed by atoms with Crippen molar-refractivity contribution >= 4 is 5.69 Å². The van der Waals surface area contributed by atoms with E-state index in [4.69, 9.17) is 5.11 Å². The quantitative estimate of drug-likeness (QED) is 0.868. The van der Waals surface area contributed by atoms with E-state index in [-0.39, 0.29) is 18.2 Å². The molecule has 2 aromatic rings. The summed E-state index contributed by atoms with van der Waals surface area (Å²) in [6.45, 7) is 4.46. The van der Waals surface area contributed by atoms with Gasteiger partial charge in [0.05, 0.1) is 25.0 Å². The molecule has 106 valence electrons. The highest BCUT2D eigenvalue weighted by Gasteiger charge is 2.02. The monoisotopic (exact) mass is 273 g/mol. The van der Waals surface area contributed by atoms with Crippen molar-refractivity contribution in [2.45, 2.75) is 33.0 Å². The van der Waals surface area contributed by atoms with Crippen LogP contribution in [0.1, 0.15) is 25.0 Å². The molecular weight excluding hydrogens is 254 g/mol. The molecule has 2 rings (SSSR count). The molecule has 0 unspecified atom stereocenters. The summed E-state index contributed by atoms with van der Waals surface area (Å²) in [5.74, 6) is 0. The third-order valence-corrected chi connectivity index (χ3v) is 2.86. The second-order valence-electron chi connectivity index (χ2n) is 5.01. The fraction of sp³-hybridized carbons (Fsp3) is 0.333.